The Bertz CT molecular complexity index is 1220. The van der Waals surface area contributed by atoms with Crippen LogP contribution in [-0.2, 0) is 16.4 Å². The highest BCUT2D eigenvalue weighted by Gasteiger charge is 2.22. The van der Waals surface area contributed by atoms with Gasteiger partial charge in [0.25, 0.3) is 0 Å². The number of para-hydroxylation sites is 3. The molecule has 4 rings (SSSR count). The number of sulfone groups is 1. The average Bonchev–Trinajstić information content (AvgIpc) is 3.16. The lowest BCUT2D eigenvalue weighted by molar-refractivity contribution is 0.0972. The van der Waals surface area contributed by atoms with Crippen LogP contribution in [0.2, 0.25) is 0 Å². The van der Waals surface area contributed by atoms with E-state index in [9.17, 15) is 13.2 Å². The summed E-state index contributed by atoms with van der Waals surface area (Å²) < 4.78 is 25.7. The Morgan fingerprint density at radius 2 is 1.84 bits per heavy atom. The normalized spacial score (nSPS) is 12.0. The zero-order chi connectivity index (χ0) is 17.6. The fourth-order valence-electron chi connectivity index (χ4n) is 3.02. The second-order valence-corrected chi connectivity index (χ2v) is 7.82. The molecule has 0 unspecified atom stereocenters. The van der Waals surface area contributed by atoms with Crippen LogP contribution in [0.15, 0.2) is 59.9 Å². The molecule has 126 valence electrons. The first kappa shape index (κ1) is 15.6. The van der Waals surface area contributed by atoms with Crippen LogP contribution in [0.5, 0.6) is 0 Å². The zero-order valence-electron chi connectivity index (χ0n) is 13.4. The average molecular weight is 353 g/mol. The van der Waals surface area contributed by atoms with Gasteiger partial charge in [0, 0.05) is 28.9 Å². The highest BCUT2D eigenvalue weighted by atomic mass is 32.2. The molecule has 0 aliphatic heterocycles. The van der Waals surface area contributed by atoms with Crippen LogP contribution in [0, 0.1) is 0 Å². The van der Waals surface area contributed by atoms with E-state index >= 15 is 0 Å². The van der Waals surface area contributed by atoms with E-state index < -0.39 is 9.84 Å². The molecule has 0 amide bonds. The van der Waals surface area contributed by atoms with Crippen LogP contribution in [0.4, 0.5) is 0 Å². The summed E-state index contributed by atoms with van der Waals surface area (Å²) in [6, 6.07) is 14.6. The Hall–Kier alpha value is -2.93. The molecule has 6 nitrogen and oxygen atoms in total. The largest absolute Gasteiger partial charge is 0.360 e. The summed E-state index contributed by atoms with van der Waals surface area (Å²) in [7, 11) is -3.56. The maximum absolute atomic E-state index is 12.8. The zero-order valence-corrected chi connectivity index (χ0v) is 14.2. The van der Waals surface area contributed by atoms with Crippen molar-refractivity contribution >= 4 is 37.6 Å². The minimum absolute atomic E-state index is 0.0925. The van der Waals surface area contributed by atoms with Crippen LogP contribution in [0.25, 0.3) is 21.9 Å². The predicted molar refractivity (Wildman–Crippen MR) is 95.5 cm³/mol. The van der Waals surface area contributed by atoms with Crippen LogP contribution in [0.3, 0.4) is 0 Å². The number of benzene rings is 2. The van der Waals surface area contributed by atoms with Crippen molar-refractivity contribution in [3.63, 3.8) is 0 Å². The maximum atomic E-state index is 12.8. The molecule has 0 aliphatic rings. The van der Waals surface area contributed by atoms with Gasteiger partial charge in [-0.15, -0.1) is 0 Å². The first-order valence-corrected chi connectivity index (χ1v) is 9.59. The smallest absolute Gasteiger partial charge is 0.228 e. The monoisotopic (exact) mass is 353 g/mol. The fraction of sp³-hybridized carbons (Fsp3) is 0.111. The Labute approximate surface area is 144 Å². The molecule has 0 aliphatic carbocycles. The van der Waals surface area contributed by atoms with E-state index in [-0.39, 0.29) is 17.5 Å². The second-order valence-electron chi connectivity index (χ2n) is 5.91. The quantitative estimate of drug-likeness (QED) is 0.572. The summed E-state index contributed by atoms with van der Waals surface area (Å²) in [6.45, 7) is -0.0925. The summed E-state index contributed by atoms with van der Waals surface area (Å²) in [5, 5.41) is 0.722. The van der Waals surface area contributed by atoms with Gasteiger partial charge in [0.2, 0.25) is 15.0 Å². The number of hydrogen-bond donors (Lipinski definition) is 1. The van der Waals surface area contributed by atoms with Crippen LogP contribution in [0.1, 0.15) is 10.4 Å². The van der Waals surface area contributed by atoms with E-state index in [1.54, 1.807) is 30.5 Å². The number of hydrogen-bond acceptors (Lipinski definition) is 4. The summed E-state index contributed by atoms with van der Waals surface area (Å²) >= 11 is 0. The predicted octanol–water partition coefficient (Wildman–Crippen LogP) is 2.80. The molecule has 0 bridgehead atoms. The number of carbonyl (C=O) groups is 1. The topological polar surface area (TPSA) is 84.8 Å². The van der Waals surface area contributed by atoms with Gasteiger partial charge in [-0.2, -0.15) is 0 Å². The third-order valence-corrected chi connectivity index (χ3v) is 5.12. The highest BCUT2D eigenvalue weighted by Crippen LogP contribution is 2.23. The molecule has 2 aromatic carbocycles. The second kappa shape index (κ2) is 5.56. The molecule has 7 heteroatoms. The number of Topliss-reactive ketones (excluding diaryl/α,β-unsaturated/α-hetero) is 1. The number of aromatic nitrogens is 3. The van der Waals surface area contributed by atoms with Crippen molar-refractivity contribution in [1.82, 2.24) is 14.5 Å². The van der Waals surface area contributed by atoms with Gasteiger partial charge in [-0.25, -0.2) is 13.4 Å². The lowest BCUT2D eigenvalue weighted by Gasteiger charge is -2.07. The number of ketones is 1. The lowest BCUT2D eigenvalue weighted by Crippen LogP contribution is -2.15. The minimum Gasteiger partial charge on any atom is -0.360 e. The van der Waals surface area contributed by atoms with Crippen molar-refractivity contribution in [3.8, 4) is 0 Å². The Morgan fingerprint density at radius 3 is 2.64 bits per heavy atom. The molecule has 2 aromatic heterocycles. The number of nitrogens with one attached hydrogen (secondary N) is 1. The van der Waals surface area contributed by atoms with Crippen LogP contribution < -0.4 is 0 Å². The number of rotatable bonds is 4. The first-order chi connectivity index (χ1) is 11.9. The number of imidazole rings is 1. The first-order valence-electron chi connectivity index (χ1n) is 7.70. The van der Waals surface area contributed by atoms with Gasteiger partial charge in [-0.3, -0.25) is 4.79 Å². The molecular formula is C18H15N3O3S. The minimum atomic E-state index is -3.56. The third kappa shape index (κ3) is 2.62. The molecular weight excluding hydrogens is 338 g/mol. The van der Waals surface area contributed by atoms with Crippen molar-refractivity contribution in [2.24, 2.45) is 0 Å². The summed E-state index contributed by atoms with van der Waals surface area (Å²) in [6.07, 6.45) is 2.76. The molecule has 0 fully saturated rings. The summed E-state index contributed by atoms with van der Waals surface area (Å²) in [5.41, 5.74) is 2.57. The van der Waals surface area contributed by atoms with Crippen molar-refractivity contribution in [3.05, 3.63) is 60.3 Å². The molecule has 25 heavy (non-hydrogen) atoms. The Balaban J connectivity index is 1.84. The van der Waals surface area contributed by atoms with E-state index in [1.165, 1.54) is 4.57 Å². The number of nitrogens with zero attached hydrogens (tertiary/aromatic N) is 2. The van der Waals surface area contributed by atoms with E-state index in [0.717, 1.165) is 17.2 Å². The number of carbonyl (C=O) groups excluding carboxylic acids is 1. The fourth-order valence-corrected chi connectivity index (χ4v) is 3.85. The number of H-pyrrole nitrogens is 1. The molecule has 4 aromatic rings. The van der Waals surface area contributed by atoms with E-state index in [4.69, 9.17) is 0 Å². The van der Waals surface area contributed by atoms with Gasteiger partial charge < -0.3 is 9.55 Å². The van der Waals surface area contributed by atoms with Crippen molar-refractivity contribution in [2.45, 2.75) is 11.7 Å². The van der Waals surface area contributed by atoms with E-state index in [1.807, 2.05) is 24.3 Å². The van der Waals surface area contributed by atoms with Crippen LogP contribution >= 0.6 is 0 Å². The molecule has 0 spiro atoms. The molecule has 2 heterocycles. The SMILES string of the molecule is CS(=O)(=O)c1nc2ccccc2n1CC(=O)c1c[nH]c2ccccc12. The van der Waals surface area contributed by atoms with Crippen LogP contribution in [-0.4, -0.2) is 35.0 Å². The third-order valence-electron chi connectivity index (χ3n) is 4.14. The molecule has 0 atom stereocenters. The summed E-state index contributed by atoms with van der Waals surface area (Å²) in [5.74, 6) is -0.175. The highest BCUT2D eigenvalue weighted by molar-refractivity contribution is 7.90. The van der Waals surface area contributed by atoms with Crippen molar-refractivity contribution < 1.29 is 13.2 Å². The lowest BCUT2D eigenvalue weighted by atomic mass is 10.1. The number of aromatic amines is 1. The van der Waals surface area contributed by atoms with Gasteiger partial charge >= 0.3 is 0 Å². The van der Waals surface area contributed by atoms with Crippen molar-refractivity contribution in [1.29, 1.82) is 0 Å². The van der Waals surface area contributed by atoms with Gasteiger partial charge in [-0.1, -0.05) is 30.3 Å². The van der Waals surface area contributed by atoms with Gasteiger partial charge in [0.05, 0.1) is 17.6 Å². The van der Waals surface area contributed by atoms with Crippen molar-refractivity contribution in [2.75, 3.05) is 6.26 Å². The molecule has 0 radical (unpaired) electrons. The maximum Gasteiger partial charge on any atom is 0.228 e. The van der Waals surface area contributed by atoms with E-state index in [0.29, 0.717) is 16.6 Å². The van der Waals surface area contributed by atoms with Gasteiger partial charge in [0.15, 0.2) is 5.78 Å². The standard InChI is InChI=1S/C18H15N3O3S/c1-25(23,24)18-20-15-8-4-5-9-16(15)21(18)11-17(22)13-10-19-14-7-3-2-6-12(13)14/h2-10,19H,11H2,1H3. The molecule has 1 N–H and O–H groups in total. The molecule has 0 saturated carbocycles. The van der Waals surface area contributed by atoms with Gasteiger partial charge in [0.1, 0.15) is 0 Å². The Morgan fingerprint density at radius 1 is 1.12 bits per heavy atom. The Kier molecular flexibility index (Phi) is 3.47. The molecule has 0 saturated heterocycles. The van der Waals surface area contributed by atoms with E-state index in [2.05, 4.69) is 9.97 Å². The summed E-state index contributed by atoms with van der Waals surface area (Å²) in [4.78, 5) is 20.1. The number of fused-ring (bicyclic) bond motifs is 2. The van der Waals surface area contributed by atoms with Gasteiger partial charge in [-0.05, 0) is 18.2 Å².